The van der Waals surface area contributed by atoms with Crippen LogP contribution in [-0.2, 0) is 25.5 Å². The normalized spacial score (nSPS) is 19.7. The van der Waals surface area contributed by atoms with Gasteiger partial charge in [0, 0.05) is 30.6 Å². The molecule has 310 valence electrons. The molecule has 4 amide bonds. The number of hydrogen-bond acceptors (Lipinski definition) is 9. The third kappa shape index (κ3) is 7.37. The summed E-state index contributed by atoms with van der Waals surface area (Å²) in [5, 5.41) is 19.5. The van der Waals surface area contributed by atoms with E-state index in [1.807, 2.05) is 44.7 Å². The highest BCUT2D eigenvalue weighted by molar-refractivity contribution is 6.07. The minimum atomic E-state index is -0.791. The topological polar surface area (TPSA) is 182 Å². The summed E-state index contributed by atoms with van der Waals surface area (Å²) < 4.78 is 9.58. The van der Waals surface area contributed by atoms with Gasteiger partial charge in [0.05, 0.1) is 55.0 Å². The number of benzene rings is 4. The molecule has 60 heavy (non-hydrogen) atoms. The lowest BCUT2D eigenvalue weighted by Gasteiger charge is -2.30. The summed E-state index contributed by atoms with van der Waals surface area (Å²) in [5.41, 5.74) is 6.66. The molecular weight excluding hydrogens is 761 g/mol. The molecule has 3 aliphatic rings. The summed E-state index contributed by atoms with van der Waals surface area (Å²) in [7, 11) is 2.56. The number of carbonyl (C=O) groups is 4. The van der Waals surface area contributed by atoms with E-state index in [0.29, 0.717) is 19.4 Å². The van der Waals surface area contributed by atoms with Crippen LogP contribution in [0, 0.1) is 29.1 Å². The van der Waals surface area contributed by atoms with Crippen molar-refractivity contribution >= 4 is 68.0 Å². The summed E-state index contributed by atoms with van der Waals surface area (Å²) in [6.07, 6.45) is 1.35. The van der Waals surface area contributed by atoms with Crippen LogP contribution >= 0.6 is 0 Å². The highest BCUT2D eigenvalue weighted by Gasteiger charge is 2.43. The Morgan fingerprint density at radius 2 is 1.43 bits per heavy atom. The highest BCUT2D eigenvalue weighted by Crippen LogP contribution is 2.40. The van der Waals surface area contributed by atoms with Gasteiger partial charge in [-0.3, -0.25) is 14.6 Å². The number of fused-ring (bicyclic) bond motifs is 6. The van der Waals surface area contributed by atoms with E-state index in [4.69, 9.17) is 19.5 Å². The minimum Gasteiger partial charge on any atom is -0.453 e. The van der Waals surface area contributed by atoms with Crippen molar-refractivity contribution in [3.63, 3.8) is 0 Å². The number of methoxy groups -OCH3 is 2. The molecule has 4 aromatic carbocycles. The first kappa shape index (κ1) is 40.3. The van der Waals surface area contributed by atoms with Crippen LogP contribution in [0.15, 0.2) is 65.7 Å². The summed E-state index contributed by atoms with van der Waals surface area (Å²) in [4.78, 5) is 68.9. The highest BCUT2D eigenvalue weighted by atomic mass is 16.5. The molecule has 5 aromatic rings. The SMILES string of the molecule is COC(=O)N[C@H](C(=O)N1C[C@@H](C#N)C[C@H]1C1=Nc2ccc3cc(-c4ccc5c(ccc6[nH]c([C@@H]7CCCN7C(=O)[C@@H](NC(=O)OC)C(C)C)nc65)c4)ccc3c2C1)C(C)C. The van der Waals surface area contributed by atoms with Gasteiger partial charge in [-0.1, -0.05) is 64.1 Å². The number of nitrogens with zero attached hydrogens (tertiary/aromatic N) is 5. The molecule has 0 unspecified atom stereocenters. The van der Waals surface area contributed by atoms with E-state index in [2.05, 4.69) is 70.2 Å². The number of rotatable bonds is 9. The zero-order chi connectivity index (χ0) is 42.4. The third-order valence-corrected chi connectivity index (χ3v) is 12.3. The number of aromatic nitrogens is 2. The quantitative estimate of drug-likeness (QED) is 0.138. The summed E-state index contributed by atoms with van der Waals surface area (Å²) in [6.45, 7) is 8.41. The van der Waals surface area contributed by atoms with E-state index >= 15 is 0 Å². The minimum absolute atomic E-state index is 0.120. The monoisotopic (exact) mass is 810 g/mol. The molecule has 3 N–H and O–H groups in total. The zero-order valence-electron chi connectivity index (χ0n) is 34.7. The number of likely N-dealkylation sites (tertiary alicyclic amines) is 2. The summed E-state index contributed by atoms with van der Waals surface area (Å²) in [6, 6.07) is 21.3. The Hall–Kier alpha value is -6.49. The fourth-order valence-corrected chi connectivity index (χ4v) is 9.14. The molecule has 8 rings (SSSR count). The first-order chi connectivity index (χ1) is 28.9. The number of alkyl carbamates (subject to hydrolysis) is 2. The maximum absolute atomic E-state index is 13.9. The molecule has 0 aliphatic carbocycles. The largest absolute Gasteiger partial charge is 0.453 e. The van der Waals surface area contributed by atoms with Gasteiger partial charge in [-0.25, -0.2) is 14.6 Å². The van der Waals surface area contributed by atoms with Gasteiger partial charge in [0.1, 0.15) is 17.9 Å². The van der Waals surface area contributed by atoms with Crippen LogP contribution in [0.5, 0.6) is 0 Å². The van der Waals surface area contributed by atoms with Gasteiger partial charge in [-0.05, 0) is 88.2 Å². The van der Waals surface area contributed by atoms with Crippen LogP contribution in [0.25, 0.3) is 43.7 Å². The Morgan fingerprint density at radius 3 is 2.07 bits per heavy atom. The van der Waals surface area contributed by atoms with Crippen LogP contribution in [0.3, 0.4) is 0 Å². The van der Waals surface area contributed by atoms with Crippen LogP contribution in [-0.4, -0.2) is 94.9 Å². The standard InChI is InChI=1S/C46H50N8O6/c1-24(2)39(51-45(57)59-5)43(55)53-17-7-8-37(53)42-49-35-16-12-30-20-28(10-14-32(30)41(35)50-42)27-9-13-31-29(19-27)11-15-34-33(31)21-36(48-34)38-18-26(22-47)23-54(38)44(56)40(25(3)4)52-46(58)60-6/h9-16,19-20,24-26,37-40H,7-8,17-18,21,23H2,1-6H3,(H,49,50)(H,51,57)(H,52,58)/t26-,37+,38+,39+,40+/m1/s1. The maximum Gasteiger partial charge on any atom is 0.407 e. The van der Waals surface area contributed by atoms with Gasteiger partial charge in [0.15, 0.2) is 0 Å². The molecule has 2 saturated heterocycles. The van der Waals surface area contributed by atoms with Gasteiger partial charge < -0.3 is 34.9 Å². The van der Waals surface area contributed by atoms with Crippen LogP contribution in [0.2, 0.25) is 0 Å². The third-order valence-electron chi connectivity index (χ3n) is 12.3. The molecule has 1 aromatic heterocycles. The lowest BCUT2D eigenvalue weighted by atomic mass is 9.94. The first-order valence-corrected chi connectivity index (χ1v) is 20.6. The second-order valence-electron chi connectivity index (χ2n) is 16.8. The van der Waals surface area contributed by atoms with Crippen LogP contribution < -0.4 is 10.6 Å². The van der Waals surface area contributed by atoms with Crippen LogP contribution in [0.1, 0.15) is 64.4 Å². The lowest BCUT2D eigenvalue weighted by Crippen LogP contribution is -2.53. The zero-order valence-corrected chi connectivity index (χ0v) is 34.7. The Bertz CT molecular complexity index is 2610. The molecule has 0 bridgehead atoms. The molecular formula is C46H50N8O6. The Morgan fingerprint density at radius 1 is 0.817 bits per heavy atom. The summed E-state index contributed by atoms with van der Waals surface area (Å²) >= 11 is 0. The summed E-state index contributed by atoms with van der Waals surface area (Å²) in [5.74, 6) is -0.295. The Kier molecular flexibility index (Phi) is 10.9. The molecule has 3 aliphatic heterocycles. The van der Waals surface area contributed by atoms with Crippen molar-refractivity contribution in [2.45, 2.75) is 77.5 Å². The van der Waals surface area contributed by atoms with Crippen molar-refractivity contribution < 1.29 is 28.7 Å². The Balaban J connectivity index is 1.03. The van der Waals surface area contributed by atoms with Gasteiger partial charge in [-0.15, -0.1) is 0 Å². The average Bonchev–Trinajstić information content (AvgIpc) is 4.08. The van der Waals surface area contributed by atoms with E-state index in [1.54, 1.807) is 4.90 Å². The fourth-order valence-electron chi connectivity index (χ4n) is 9.14. The van der Waals surface area contributed by atoms with Gasteiger partial charge in [0.25, 0.3) is 0 Å². The fraction of sp³-hybridized carbons (Fsp3) is 0.413. The number of carbonyl (C=O) groups excluding carboxylic acids is 4. The first-order valence-electron chi connectivity index (χ1n) is 20.6. The van der Waals surface area contributed by atoms with E-state index in [0.717, 1.165) is 79.3 Å². The molecule has 0 saturated carbocycles. The molecule has 4 heterocycles. The number of nitrogens with one attached hydrogen (secondary N) is 3. The molecule has 0 radical (unpaired) electrons. The second-order valence-corrected chi connectivity index (χ2v) is 16.8. The van der Waals surface area contributed by atoms with E-state index < -0.39 is 24.3 Å². The van der Waals surface area contributed by atoms with Gasteiger partial charge in [-0.2, -0.15) is 5.26 Å². The number of aliphatic imine (C=N–C) groups is 1. The number of amides is 4. The number of nitriles is 1. The van der Waals surface area contributed by atoms with E-state index in [1.165, 1.54) is 14.2 Å². The predicted octanol–water partition coefficient (Wildman–Crippen LogP) is 7.33. The molecule has 14 nitrogen and oxygen atoms in total. The Labute approximate surface area is 348 Å². The van der Waals surface area contributed by atoms with Crippen molar-refractivity contribution in [2.24, 2.45) is 22.7 Å². The van der Waals surface area contributed by atoms with Crippen molar-refractivity contribution in [2.75, 3.05) is 27.3 Å². The molecule has 5 atom stereocenters. The second kappa shape index (κ2) is 16.3. The number of imidazole rings is 1. The maximum atomic E-state index is 13.9. The smallest absolute Gasteiger partial charge is 0.407 e. The van der Waals surface area contributed by atoms with Crippen LogP contribution in [0.4, 0.5) is 15.3 Å². The number of hydrogen-bond donors (Lipinski definition) is 3. The van der Waals surface area contributed by atoms with Crippen molar-refractivity contribution in [1.82, 2.24) is 30.4 Å². The predicted molar refractivity (Wildman–Crippen MR) is 229 cm³/mol. The molecule has 14 heteroatoms. The number of H-pyrrole nitrogens is 1. The van der Waals surface area contributed by atoms with Crippen molar-refractivity contribution in [3.05, 3.63) is 72.1 Å². The lowest BCUT2D eigenvalue weighted by molar-refractivity contribution is -0.135. The van der Waals surface area contributed by atoms with E-state index in [9.17, 15) is 24.4 Å². The van der Waals surface area contributed by atoms with Crippen molar-refractivity contribution in [3.8, 4) is 17.2 Å². The van der Waals surface area contributed by atoms with Gasteiger partial charge in [0.2, 0.25) is 11.8 Å². The average molecular weight is 811 g/mol. The van der Waals surface area contributed by atoms with Crippen molar-refractivity contribution in [1.29, 1.82) is 5.26 Å². The van der Waals surface area contributed by atoms with E-state index in [-0.39, 0.29) is 48.2 Å². The van der Waals surface area contributed by atoms with Gasteiger partial charge >= 0.3 is 12.2 Å². The molecule has 2 fully saturated rings. The number of aromatic amines is 1. The molecule has 0 spiro atoms. The number of ether oxygens (including phenoxy) is 2.